The highest BCUT2D eigenvalue weighted by Crippen LogP contribution is 2.72. The van der Waals surface area contributed by atoms with Gasteiger partial charge in [-0.3, -0.25) is 5.50 Å². The van der Waals surface area contributed by atoms with Crippen LogP contribution in [0.2, 0.25) is 0 Å². The van der Waals surface area contributed by atoms with E-state index in [1.165, 1.54) is 21.5 Å². The Bertz CT molecular complexity index is 1100. The molecule has 0 unspecified atom stereocenters. The summed E-state index contributed by atoms with van der Waals surface area (Å²) in [5.41, 5.74) is 8.80. The third-order valence-corrected chi connectivity index (χ3v) is 9.07. The zero-order valence-corrected chi connectivity index (χ0v) is 16.0. The Labute approximate surface area is 159 Å². The Morgan fingerprint density at radius 3 is 1.52 bits per heavy atom. The first-order valence-corrected chi connectivity index (χ1v) is 11.4. The van der Waals surface area contributed by atoms with Crippen molar-refractivity contribution in [3.05, 3.63) is 96.1 Å². The van der Waals surface area contributed by atoms with E-state index in [-0.39, 0.29) is 11.3 Å². The molecule has 4 aromatic rings. The van der Waals surface area contributed by atoms with E-state index in [2.05, 4.69) is 60.7 Å². The van der Waals surface area contributed by atoms with Crippen molar-refractivity contribution in [2.24, 2.45) is 5.50 Å². The topological polar surface area (TPSA) is 43.1 Å². The summed E-state index contributed by atoms with van der Waals surface area (Å²) < 4.78 is 13.9. The molecule has 0 aromatic heterocycles. The maximum Gasteiger partial charge on any atom is 0.159 e. The molecule has 0 aliphatic carbocycles. The van der Waals surface area contributed by atoms with Crippen LogP contribution >= 0.6 is 7.29 Å². The largest absolute Gasteiger partial charge is 0.306 e. The number of nitrogens with two attached hydrogens (primary N) is 1. The van der Waals surface area contributed by atoms with Gasteiger partial charge in [-0.1, -0.05) is 84.9 Å². The molecule has 2 nitrogen and oxygen atoms in total. The molecule has 27 heavy (non-hydrogen) atoms. The highest BCUT2D eigenvalue weighted by atomic mass is 31.2. The average Bonchev–Trinajstić information content (AvgIpc) is 3.01. The van der Waals surface area contributed by atoms with Gasteiger partial charge in [0.05, 0.1) is 11.3 Å². The Hall–Kier alpha value is -2.41. The van der Waals surface area contributed by atoms with Crippen LogP contribution in [0.3, 0.4) is 0 Å². The van der Waals surface area contributed by atoms with Crippen molar-refractivity contribution in [2.45, 2.75) is 24.2 Å². The molecule has 134 valence electrons. The number of rotatable bonds is 2. The van der Waals surface area contributed by atoms with Gasteiger partial charge in [-0.2, -0.15) is 0 Å². The van der Waals surface area contributed by atoms with Gasteiger partial charge in [-0.05, 0) is 45.5 Å². The van der Waals surface area contributed by atoms with Crippen LogP contribution in [-0.2, 0) is 4.57 Å². The minimum Gasteiger partial charge on any atom is -0.306 e. The van der Waals surface area contributed by atoms with Crippen LogP contribution in [0.5, 0.6) is 0 Å². The molecule has 2 atom stereocenters. The summed E-state index contributed by atoms with van der Waals surface area (Å²) >= 11 is 0. The van der Waals surface area contributed by atoms with Crippen molar-refractivity contribution in [1.29, 1.82) is 0 Å². The summed E-state index contributed by atoms with van der Waals surface area (Å²) in [5.74, 6) is 0. The Balaban J connectivity index is 1.64. The number of hydrogen-bond acceptors (Lipinski definition) is 1. The standard InChI is InChI=1S/C24H22NOP/c25-27(26)23(21-13-5-9-17-7-1-3-11-19(17)21)15-16-24(27)22-14-6-10-18-8-2-4-12-20(18)22/h1-14,23-24H,15-16H2,(H2,25,26)/t23-,24-/m0/s1. The molecule has 1 aliphatic heterocycles. The third-order valence-electron chi connectivity index (χ3n) is 6.05. The fraction of sp³-hybridized carbons (Fsp3) is 0.167. The molecule has 1 aliphatic rings. The molecular weight excluding hydrogens is 349 g/mol. The zero-order chi connectivity index (χ0) is 18.4. The third kappa shape index (κ3) is 2.64. The number of benzene rings is 4. The van der Waals surface area contributed by atoms with E-state index >= 15 is 0 Å². The molecule has 2 N–H and O–H groups in total. The van der Waals surface area contributed by atoms with E-state index in [9.17, 15) is 4.57 Å². The summed E-state index contributed by atoms with van der Waals surface area (Å²) in [4.78, 5) is 0. The number of fused-ring (bicyclic) bond motifs is 2. The summed E-state index contributed by atoms with van der Waals surface area (Å²) in [7, 11) is -2.92. The van der Waals surface area contributed by atoms with E-state index in [0.717, 1.165) is 24.0 Å². The molecule has 3 heteroatoms. The summed E-state index contributed by atoms with van der Waals surface area (Å²) in [5, 5.41) is 4.72. The predicted octanol–water partition coefficient (Wildman–Crippen LogP) is 6.81. The van der Waals surface area contributed by atoms with Gasteiger partial charge in [0.1, 0.15) is 0 Å². The van der Waals surface area contributed by atoms with E-state index in [1.807, 2.05) is 24.3 Å². The fourth-order valence-electron chi connectivity index (χ4n) is 4.76. The highest BCUT2D eigenvalue weighted by Gasteiger charge is 2.45. The Morgan fingerprint density at radius 1 is 0.630 bits per heavy atom. The van der Waals surface area contributed by atoms with Crippen LogP contribution in [0.15, 0.2) is 84.9 Å². The van der Waals surface area contributed by atoms with E-state index in [0.29, 0.717) is 0 Å². The minimum absolute atomic E-state index is 0.0763. The van der Waals surface area contributed by atoms with E-state index < -0.39 is 7.29 Å². The molecule has 0 amide bonds. The lowest BCUT2D eigenvalue weighted by Crippen LogP contribution is -2.07. The van der Waals surface area contributed by atoms with Gasteiger partial charge in [-0.25, -0.2) is 0 Å². The van der Waals surface area contributed by atoms with E-state index in [4.69, 9.17) is 5.50 Å². The maximum absolute atomic E-state index is 13.9. The van der Waals surface area contributed by atoms with Gasteiger partial charge >= 0.3 is 0 Å². The molecule has 0 radical (unpaired) electrons. The van der Waals surface area contributed by atoms with Gasteiger partial charge in [0, 0.05) is 0 Å². The fourth-order valence-corrected chi connectivity index (χ4v) is 7.62. The zero-order valence-electron chi connectivity index (χ0n) is 15.1. The van der Waals surface area contributed by atoms with Gasteiger partial charge in [-0.15, -0.1) is 0 Å². The second-order valence-corrected chi connectivity index (χ2v) is 10.3. The molecular formula is C24H22NOP. The summed E-state index contributed by atoms with van der Waals surface area (Å²) in [6, 6.07) is 29.2. The van der Waals surface area contributed by atoms with Gasteiger partial charge in [0.15, 0.2) is 7.29 Å². The number of hydrogen-bond donors (Lipinski definition) is 1. The smallest absolute Gasteiger partial charge is 0.159 e. The Morgan fingerprint density at radius 2 is 1.04 bits per heavy atom. The van der Waals surface area contributed by atoms with E-state index in [1.54, 1.807) is 0 Å². The van der Waals surface area contributed by atoms with Crippen molar-refractivity contribution in [3.8, 4) is 0 Å². The quantitative estimate of drug-likeness (QED) is 0.394. The van der Waals surface area contributed by atoms with Crippen molar-refractivity contribution < 1.29 is 4.57 Å². The summed E-state index contributed by atoms with van der Waals surface area (Å²) in [6.45, 7) is 0. The van der Waals surface area contributed by atoms with Gasteiger partial charge in [0.2, 0.25) is 0 Å². The molecule has 0 saturated carbocycles. The van der Waals surface area contributed by atoms with Crippen molar-refractivity contribution >= 4 is 28.8 Å². The molecule has 1 saturated heterocycles. The molecule has 4 aromatic carbocycles. The maximum atomic E-state index is 13.9. The normalized spacial score (nSPS) is 21.7. The molecule has 1 heterocycles. The van der Waals surface area contributed by atoms with Crippen molar-refractivity contribution in [1.82, 2.24) is 0 Å². The average molecular weight is 371 g/mol. The lowest BCUT2D eigenvalue weighted by Gasteiger charge is -2.24. The lowest BCUT2D eigenvalue weighted by molar-refractivity contribution is 0.568. The second kappa shape index (κ2) is 6.34. The SMILES string of the molecule is NP1(=O)[C@H](c2cccc3ccccc23)CC[C@H]1c1cccc2ccccc12. The van der Waals surface area contributed by atoms with Crippen LogP contribution in [0, 0.1) is 0 Å². The predicted molar refractivity (Wildman–Crippen MR) is 114 cm³/mol. The minimum atomic E-state index is -2.92. The highest BCUT2D eigenvalue weighted by molar-refractivity contribution is 7.62. The Kier molecular flexibility index (Phi) is 3.93. The van der Waals surface area contributed by atoms with Crippen molar-refractivity contribution in [3.63, 3.8) is 0 Å². The molecule has 0 spiro atoms. The van der Waals surface area contributed by atoms with Crippen LogP contribution in [0.25, 0.3) is 21.5 Å². The van der Waals surface area contributed by atoms with Crippen LogP contribution < -0.4 is 5.50 Å². The monoisotopic (exact) mass is 371 g/mol. The van der Waals surface area contributed by atoms with Crippen molar-refractivity contribution in [2.75, 3.05) is 0 Å². The van der Waals surface area contributed by atoms with Crippen LogP contribution in [0.4, 0.5) is 0 Å². The first-order chi connectivity index (χ1) is 13.2. The molecule has 5 rings (SSSR count). The first-order valence-electron chi connectivity index (χ1n) is 9.49. The van der Waals surface area contributed by atoms with Crippen LogP contribution in [-0.4, -0.2) is 0 Å². The molecule has 0 bridgehead atoms. The van der Waals surface area contributed by atoms with Gasteiger partial charge in [0.25, 0.3) is 0 Å². The molecule has 1 fully saturated rings. The summed E-state index contributed by atoms with van der Waals surface area (Å²) in [6.07, 6.45) is 1.74. The lowest BCUT2D eigenvalue weighted by atomic mass is 9.97. The first kappa shape index (κ1) is 16.7. The van der Waals surface area contributed by atoms with Crippen LogP contribution in [0.1, 0.15) is 35.3 Å². The van der Waals surface area contributed by atoms with Gasteiger partial charge < -0.3 is 4.57 Å². The second-order valence-electron chi connectivity index (χ2n) is 7.51.